The number of aliphatic hydroxyl groups excluding tert-OH is 2. The van der Waals surface area contributed by atoms with E-state index in [-0.39, 0.29) is 65.5 Å². The van der Waals surface area contributed by atoms with Gasteiger partial charge >= 0.3 is 29.8 Å². The molecule has 0 bridgehead atoms. The van der Waals surface area contributed by atoms with E-state index >= 15 is 0 Å². The van der Waals surface area contributed by atoms with Gasteiger partial charge in [0.1, 0.15) is 54.9 Å². The summed E-state index contributed by atoms with van der Waals surface area (Å²) in [5.41, 5.74) is 2.53. The largest absolute Gasteiger partial charge is 0.460 e. The predicted octanol–water partition coefficient (Wildman–Crippen LogP) is 5.05. The number of rotatable bonds is 25. The average molecular weight is 1200 g/mol. The van der Waals surface area contributed by atoms with Crippen molar-refractivity contribution < 1.29 is 101 Å². The SMILES string of the molecule is CO[C@H]1O[C@@H](C(=O)OC[C@H]2OC(=O)C[C@H]3[C@@H]2O[C@@H]2[C@H]([C@H](O)C[C@]45O[C@@H]6[C@@H]([C@H](O)COCc7ccccc7)OC(=O)[C@@H]6[C@H]4CC(=O)O[C@@H]5COCc4ccccc4)OC(=O)[C@H]32)[C@@H](OCc2ccccc2)[C@H](OCc2ccccc2)[C@H]1OCc1ccccc1. The topological polar surface area (TPSA) is 255 Å². The van der Waals surface area contributed by atoms with Crippen LogP contribution in [0.3, 0.4) is 0 Å². The molecule has 460 valence electrons. The van der Waals surface area contributed by atoms with Crippen molar-refractivity contribution in [1.29, 1.82) is 0 Å². The van der Waals surface area contributed by atoms with Crippen LogP contribution < -0.4 is 0 Å². The lowest BCUT2D eigenvalue weighted by Crippen LogP contribution is -2.63. The molecule has 7 aliphatic rings. The molecule has 0 radical (unpaired) electrons. The molecule has 5 aromatic rings. The van der Waals surface area contributed by atoms with Gasteiger partial charge in [-0.2, -0.15) is 0 Å². The molecule has 87 heavy (non-hydrogen) atoms. The zero-order valence-corrected chi connectivity index (χ0v) is 47.8. The summed E-state index contributed by atoms with van der Waals surface area (Å²) >= 11 is 0. The van der Waals surface area contributed by atoms with Crippen LogP contribution in [0.4, 0.5) is 0 Å². The number of hydrogen-bond donors (Lipinski definition) is 2. The molecule has 0 amide bonds. The lowest BCUT2D eigenvalue weighted by atomic mass is 9.70. The Labute approximate surface area is 502 Å². The van der Waals surface area contributed by atoms with Gasteiger partial charge in [0.25, 0.3) is 0 Å². The van der Waals surface area contributed by atoms with E-state index < -0.39 is 151 Å². The fourth-order valence-electron chi connectivity index (χ4n) is 13.4. The second kappa shape index (κ2) is 27.2. The minimum absolute atomic E-state index is 0.0424. The highest BCUT2D eigenvalue weighted by Crippen LogP contribution is 2.56. The molecular weight excluding hydrogens is 1130 g/mol. The van der Waals surface area contributed by atoms with Gasteiger partial charge < -0.3 is 76.5 Å². The first-order valence-electron chi connectivity index (χ1n) is 29.5. The first kappa shape index (κ1) is 60.3. The number of fused-ring (bicyclic) bond motifs is 6. The molecule has 0 aromatic heterocycles. The summed E-state index contributed by atoms with van der Waals surface area (Å²) in [6.07, 6.45) is -18.0. The number of esters is 5. The third kappa shape index (κ3) is 13.1. The Balaban J connectivity index is 0.771. The van der Waals surface area contributed by atoms with E-state index in [4.69, 9.17) is 66.3 Å². The van der Waals surface area contributed by atoms with Crippen LogP contribution >= 0.6 is 0 Å². The molecule has 0 unspecified atom stereocenters. The van der Waals surface area contributed by atoms with E-state index in [1.807, 2.05) is 152 Å². The Bertz CT molecular complexity index is 3120. The van der Waals surface area contributed by atoms with Gasteiger partial charge in [0, 0.05) is 25.4 Å². The lowest BCUT2D eigenvalue weighted by Gasteiger charge is -2.46. The predicted molar refractivity (Wildman–Crippen MR) is 299 cm³/mol. The van der Waals surface area contributed by atoms with Crippen molar-refractivity contribution in [2.75, 3.05) is 26.9 Å². The van der Waals surface area contributed by atoms with Gasteiger partial charge in [-0.3, -0.25) is 19.2 Å². The van der Waals surface area contributed by atoms with E-state index in [2.05, 4.69) is 0 Å². The molecule has 7 fully saturated rings. The van der Waals surface area contributed by atoms with Crippen molar-refractivity contribution in [3.05, 3.63) is 179 Å². The first-order valence-corrected chi connectivity index (χ1v) is 29.5. The smallest absolute Gasteiger partial charge is 0.338 e. The molecule has 21 nitrogen and oxygen atoms in total. The average Bonchev–Trinajstić information content (AvgIpc) is 1.61. The minimum Gasteiger partial charge on any atom is -0.460 e. The molecule has 7 aliphatic heterocycles. The Kier molecular flexibility index (Phi) is 18.8. The van der Waals surface area contributed by atoms with Crippen LogP contribution in [0.5, 0.6) is 0 Å². The van der Waals surface area contributed by atoms with Gasteiger partial charge in [-0.1, -0.05) is 152 Å². The van der Waals surface area contributed by atoms with E-state index in [9.17, 15) is 34.2 Å². The highest BCUT2D eigenvalue weighted by atomic mass is 16.7. The molecule has 0 spiro atoms. The Morgan fingerprint density at radius 2 is 1.05 bits per heavy atom. The molecule has 19 atom stereocenters. The summed E-state index contributed by atoms with van der Waals surface area (Å²) in [5, 5.41) is 24.1. The molecule has 5 aromatic carbocycles. The summed E-state index contributed by atoms with van der Waals surface area (Å²) in [7, 11) is 1.42. The van der Waals surface area contributed by atoms with Crippen molar-refractivity contribution in [2.45, 2.75) is 144 Å². The van der Waals surface area contributed by atoms with Crippen LogP contribution in [-0.2, 0) is 123 Å². The summed E-state index contributed by atoms with van der Waals surface area (Å²) in [6, 6.07) is 47.0. The number of carbonyl (C=O) groups is 5. The number of aliphatic hydroxyl groups is 2. The third-order valence-corrected chi connectivity index (χ3v) is 17.5. The summed E-state index contributed by atoms with van der Waals surface area (Å²) < 4.78 is 87.4. The van der Waals surface area contributed by atoms with Gasteiger partial charge in [0.15, 0.2) is 36.8 Å². The highest BCUT2D eigenvalue weighted by molar-refractivity contribution is 5.81. The van der Waals surface area contributed by atoms with Gasteiger partial charge in [0.2, 0.25) is 0 Å². The lowest BCUT2D eigenvalue weighted by molar-refractivity contribution is -0.315. The maximum atomic E-state index is 14.7. The fourth-order valence-corrected chi connectivity index (χ4v) is 13.4. The summed E-state index contributed by atoms with van der Waals surface area (Å²) in [5.74, 6) is -7.65. The number of benzene rings is 5. The third-order valence-electron chi connectivity index (χ3n) is 17.5. The van der Waals surface area contributed by atoms with E-state index in [0.29, 0.717) is 0 Å². The second-order valence-electron chi connectivity index (χ2n) is 23.1. The van der Waals surface area contributed by atoms with Crippen molar-refractivity contribution in [3.8, 4) is 0 Å². The van der Waals surface area contributed by atoms with Crippen LogP contribution in [0.15, 0.2) is 152 Å². The maximum Gasteiger partial charge on any atom is 0.338 e. The molecule has 2 N–H and O–H groups in total. The van der Waals surface area contributed by atoms with E-state index in [1.165, 1.54) is 7.11 Å². The zero-order valence-electron chi connectivity index (χ0n) is 47.8. The molecule has 21 heteroatoms. The Morgan fingerprint density at radius 1 is 0.540 bits per heavy atom. The van der Waals surface area contributed by atoms with Gasteiger partial charge in [0.05, 0.1) is 77.0 Å². The first-order chi connectivity index (χ1) is 42.4. The summed E-state index contributed by atoms with van der Waals surface area (Å²) in [6.45, 7) is -0.423. The van der Waals surface area contributed by atoms with E-state index in [0.717, 1.165) is 27.8 Å². The zero-order chi connectivity index (χ0) is 60.0. The van der Waals surface area contributed by atoms with E-state index in [1.54, 1.807) is 0 Å². The van der Waals surface area contributed by atoms with Crippen molar-refractivity contribution in [1.82, 2.24) is 0 Å². The molecule has 0 aliphatic carbocycles. The maximum absolute atomic E-state index is 14.7. The molecule has 12 rings (SSSR count). The molecular formula is C66H70O21. The summed E-state index contributed by atoms with van der Waals surface area (Å²) in [4.78, 5) is 70.1. The minimum atomic E-state index is -1.67. The van der Waals surface area contributed by atoms with Crippen molar-refractivity contribution >= 4 is 29.8 Å². The molecule has 0 saturated carbocycles. The van der Waals surface area contributed by atoms with Crippen LogP contribution in [0.2, 0.25) is 0 Å². The van der Waals surface area contributed by atoms with Gasteiger partial charge in [-0.25, -0.2) is 4.79 Å². The van der Waals surface area contributed by atoms with Crippen LogP contribution in [0.25, 0.3) is 0 Å². The Hall–Kier alpha value is -6.99. The number of hydrogen-bond acceptors (Lipinski definition) is 21. The number of methoxy groups -OCH3 is 1. The molecule has 7 saturated heterocycles. The monoisotopic (exact) mass is 1200 g/mol. The highest BCUT2D eigenvalue weighted by Gasteiger charge is 2.71. The van der Waals surface area contributed by atoms with Gasteiger partial charge in [-0.15, -0.1) is 0 Å². The van der Waals surface area contributed by atoms with Crippen molar-refractivity contribution in [2.24, 2.45) is 23.7 Å². The van der Waals surface area contributed by atoms with Crippen LogP contribution in [-0.4, -0.2) is 158 Å². The quantitative estimate of drug-likeness (QED) is 0.0572. The fraction of sp³-hybridized carbons (Fsp3) is 0.470. The standard InChI is InChI=1S/C66H70O21/c1-74-65-61(79-34-42-25-15-6-16-26-42)59(78-33-41-23-13-5-14-24-41)58(77-32-40-21-11-4-12-22-40)60(86-65)64(73)80-36-47-53-43(27-49(69)81-47)51-56(83-53)54(84-62(51)71)45(67)29-66-44(28-50(70)82-48(66)37-76-31-39-19-9-3-10-20-39)52-57(87-66)55(85-63(52)72)46(68)35-75-30-38-17-7-2-8-18-38/h2-26,43-48,51-61,65,67-68H,27-37H2,1H3/t43-,44-,45-,46-,47-,48-,51-,52-,53+,54+,55-,56+,57+,58+,59+,60-,61-,65+,66+/m1/s1. The van der Waals surface area contributed by atoms with Gasteiger partial charge in [-0.05, 0) is 27.8 Å². The normalized spacial score (nSPS) is 33.0. The van der Waals surface area contributed by atoms with Crippen molar-refractivity contribution in [3.63, 3.8) is 0 Å². The number of ether oxygens (including phenoxy) is 14. The Morgan fingerprint density at radius 3 is 1.62 bits per heavy atom. The second-order valence-corrected chi connectivity index (χ2v) is 23.1. The van der Waals surface area contributed by atoms with Crippen LogP contribution in [0.1, 0.15) is 47.1 Å². The van der Waals surface area contributed by atoms with Crippen LogP contribution in [0, 0.1) is 23.7 Å². The number of cyclic esters (lactones) is 4. The number of carbonyl (C=O) groups excluding carboxylic acids is 5. The molecule has 7 heterocycles.